The number of imide groups is 1. The summed E-state index contributed by atoms with van der Waals surface area (Å²) in [5.74, 6) is 0.780. The standard InChI is InChI=1S/C22H32N4O6/c1-15(2)30-11-3-8-23-21(28)16-6-9-26(10-7-16)13-20(27)25-22(29)24-17-4-5-18-19(12-17)32-14-31-18/h4-5,12,15-16H,3,6-11,13-14H2,1-2H3,(H,23,28)(H2,24,25,27,29). The van der Waals surface area contributed by atoms with Crippen molar-refractivity contribution >= 4 is 23.5 Å². The summed E-state index contributed by atoms with van der Waals surface area (Å²) in [6.07, 6.45) is 2.36. The van der Waals surface area contributed by atoms with Gasteiger partial charge in [0, 0.05) is 30.8 Å². The van der Waals surface area contributed by atoms with Gasteiger partial charge in [0.25, 0.3) is 0 Å². The molecule has 176 valence electrons. The average molecular weight is 449 g/mol. The number of nitrogens with zero attached hydrogens (tertiary/aromatic N) is 1. The maximum absolute atomic E-state index is 12.3. The second kappa shape index (κ2) is 11.7. The number of ether oxygens (including phenoxy) is 3. The molecule has 0 radical (unpaired) electrons. The molecule has 2 aliphatic heterocycles. The van der Waals surface area contributed by atoms with Crippen LogP contribution in [0.5, 0.6) is 11.5 Å². The van der Waals surface area contributed by atoms with E-state index in [2.05, 4.69) is 16.0 Å². The lowest BCUT2D eigenvalue weighted by molar-refractivity contribution is -0.126. The molecule has 0 bridgehead atoms. The topological polar surface area (TPSA) is 118 Å². The Hall–Kier alpha value is -2.85. The third-order valence-corrected chi connectivity index (χ3v) is 5.28. The number of fused-ring (bicyclic) bond motifs is 1. The maximum Gasteiger partial charge on any atom is 0.325 e. The molecule has 3 rings (SSSR count). The van der Waals surface area contributed by atoms with Gasteiger partial charge in [0.15, 0.2) is 11.5 Å². The van der Waals surface area contributed by atoms with Crippen LogP contribution in [-0.4, -0.2) is 68.4 Å². The van der Waals surface area contributed by atoms with E-state index in [1.54, 1.807) is 18.2 Å². The largest absolute Gasteiger partial charge is 0.454 e. The Bertz CT molecular complexity index is 808. The van der Waals surface area contributed by atoms with Crippen molar-refractivity contribution in [2.24, 2.45) is 5.92 Å². The molecule has 32 heavy (non-hydrogen) atoms. The molecule has 0 saturated carbocycles. The Balaban J connectivity index is 1.31. The third kappa shape index (κ3) is 7.38. The van der Waals surface area contributed by atoms with Gasteiger partial charge < -0.3 is 24.8 Å². The predicted molar refractivity (Wildman–Crippen MR) is 118 cm³/mol. The molecule has 2 heterocycles. The molecule has 0 aromatic heterocycles. The number of amides is 4. The summed E-state index contributed by atoms with van der Waals surface area (Å²) in [4.78, 5) is 38.6. The smallest absolute Gasteiger partial charge is 0.325 e. The molecule has 2 aliphatic rings. The summed E-state index contributed by atoms with van der Waals surface area (Å²) in [7, 11) is 0. The molecule has 1 aromatic rings. The second-order valence-corrected chi connectivity index (χ2v) is 8.18. The van der Waals surface area contributed by atoms with Crippen molar-refractivity contribution in [1.82, 2.24) is 15.5 Å². The molecule has 4 amide bonds. The lowest BCUT2D eigenvalue weighted by Crippen LogP contribution is -2.46. The first-order valence-corrected chi connectivity index (χ1v) is 11.0. The molecule has 0 aliphatic carbocycles. The molecule has 10 nitrogen and oxygen atoms in total. The number of carbonyl (C=O) groups excluding carboxylic acids is 3. The summed E-state index contributed by atoms with van der Waals surface area (Å²) in [5, 5.41) is 7.90. The first-order valence-electron chi connectivity index (χ1n) is 11.0. The minimum Gasteiger partial charge on any atom is -0.454 e. The van der Waals surface area contributed by atoms with Crippen molar-refractivity contribution in [2.45, 2.75) is 39.2 Å². The number of benzene rings is 1. The van der Waals surface area contributed by atoms with Crippen molar-refractivity contribution in [3.05, 3.63) is 18.2 Å². The third-order valence-electron chi connectivity index (χ3n) is 5.28. The van der Waals surface area contributed by atoms with Crippen LogP contribution in [0.1, 0.15) is 33.1 Å². The molecule has 3 N–H and O–H groups in total. The van der Waals surface area contributed by atoms with Crippen molar-refractivity contribution in [3.63, 3.8) is 0 Å². The van der Waals surface area contributed by atoms with Gasteiger partial charge in [-0.2, -0.15) is 0 Å². The Morgan fingerprint density at radius 3 is 2.66 bits per heavy atom. The number of piperidine rings is 1. The van der Waals surface area contributed by atoms with Crippen LogP contribution in [0.3, 0.4) is 0 Å². The highest BCUT2D eigenvalue weighted by Crippen LogP contribution is 2.34. The van der Waals surface area contributed by atoms with Crippen molar-refractivity contribution < 1.29 is 28.6 Å². The quantitative estimate of drug-likeness (QED) is 0.492. The lowest BCUT2D eigenvalue weighted by Gasteiger charge is -2.30. The van der Waals surface area contributed by atoms with Gasteiger partial charge in [-0.25, -0.2) is 4.79 Å². The van der Waals surface area contributed by atoms with E-state index in [4.69, 9.17) is 14.2 Å². The SMILES string of the molecule is CC(C)OCCCNC(=O)C1CCN(CC(=O)NC(=O)Nc2ccc3c(c2)OCO3)CC1. The number of hydrogen-bond acceptors (Lipinski definition) is 7. The number of urea groups is 1. The highest BCUT2D eigenvalue weighted by Gasteiger charge is 2.26. The van der Waals surface area contributed by atoms with Gasteiger partial charge >= 0.3 is 6.03 Å². The highest BCUT2D eigenvalue weighted by molar-refractivity contribution is 6.01. The zero-order chi connectivity index (χ0) is 22.9. The van der Waals surface area contributed by atoms with E-state index < -0.39 is 11.9 Å². The lowest BCUT2D eigenvalue weighted by atomic mass is 9.96. The van der Waals surface area contributed by atoms with E-state index >= 15 is 0 Å². The summed E-state index contributed by atoms with van der Waals surface area (Å²) in [6, 6.07) is 4.40. The predicted octanol–water partition coefficient (Wildman–Crippen LogP) is 1.71. The van der Waals surface area contributed by atoms with Crippen LogP contribution in [0.15, 0.2) is 18.2 Å². The fourth-order valence-corrected chi connectivity index (χ4v) is 3.61. The average Bonchev–Trinajstić information content (AvgIpc) is 3.21. The first-order chi connectivity index (χ1) is 15.4. The van der Waals surface area contributed by atoms with Gasteiger partial charge in [-0.15, -0.1) is 0 Å². The van der Waals surface area contributed by atoms with Gasteiger partial charge in [0.2, 0.25) is 18.6 Å². The van der Waals surface area contributed by atoms with Crippen molar-refractivity contribution in [3.8, 4) is 11.5 Å². The van der Waals surface area contributed by atoms with Crippen LogP contribution < -0.4 is 25.4 Å². The Labute approximate surface area is 187 Å². The Kier molecular flexibility index (Phi) is 8.69. The molecule has 0 spiro atoms. The number of carbonyl (C=O) groups is 3. The van der Waals surface area contributed by atoms with Crippen LogP contribution in [-0.2, 0) is 14.3 Å². The number of hydrogen-bond donors (Lipinski definition) is 3. The zero-order valence-corrected chi connectivity index (χ0v) is 18.6. The molecule has 1 saturated heterocycles. The Morgan fingerprint density at radius 1 is 1.16 bits per heavy atom. The zero-order valence-electron chi connectivity index (χ0n) is 18.6. The number of rotatable bonds is 9. The molecular formula is C22H32N4O6. The van der Waals surface area contributed by atoms with Crippen LogP contribution in [0.25, 0.3) is 0 Å². The molecule has 0 unspecified atom stereocenters. The highest BCUT2D eigenvalue weighted by atomic mass is 16.7. The molecule has 1 aromatic carbocycles. The van der Waals surface area contributed by atoms with Crippen molar-refractivity contribution in [1.29, 1.82) is 0 Å². The van der Waals surface area contributed by atoms with Gasteiger partial charge in [-0.3, -0.25) is 19.8 Å². The fraction of sp³-hybridized carbons (Fsp3) is 0.591. The minimum atomic E-state index is -0.607. The summed E-state index contributed by atoms with van der Waals surface area (Å²) < 4.78 is 16.0. The van der Waals surface area contributed by atoms with Gasteiger partial charge in [-0.1, -0.05) is 0 Å². The number of nitrogens with one attached hydrogen (secondary N) is 3. The van der Waals surface area contributed by atoms with E-state index in [1.165, 1.54) is 0 Å². The van der Waals surface area contributed by atoms with E-state index in [0.29, 0.717) is 56.3 Å². The Morgan fingerprint density at radius 2 is 1.91 bits per heavy atom. The minimum absolute atomic E-state index is 0.0466. The van der Waals surface area contributed by atoms with Crippen molar-refractivity contribution in [2.75, 3.05) is 44.9 Å². The van der Waals surface area contributed by atoms with E-state index in [9.17, 15) is 14.4 Å². The first kappa shape index (κ1) is 23.8. The molecule has 10 heteroatoms. The normalized spacial score (nSPS) is 16.1. The fourth-order valence-electron chi connectivity index (χ4n) is 3.61. The van der Waals surface area contributed by atoms with Gasteiger partial charge in [0.05, 0.1) is 12.6 Å². The van der Waals surface area contributed by atoms with Crippen LogP contribution >= 0.6 is 0 Å². The number of likely N-dealkylation sites (tertiary alicyclic amines) is 1. The van der Waals surface area contributed by atoms with Gasteiger partial charge in [0.1, 0.15) is 0 Å². The monoisotopic (exact) mass is 448 g/mol. The molecule has 0 atom stereocenters. The van der Waals surface area contributed by atoms with Gasteiger partial charge in [-0.05, 0) is 58.3 Å². The summed E-state index contributed by atoms with van der Waals surface area (Å²) in [6.45, 7) is 6.72. The molecular weight excluding hydrogens is 416 g/mol. The summed E-state index contributed by atoms with van der Waals surface area (Å²) in [5.41, 5.74) is 0.502. The van der Waals surface area contributed by atoms with Crippen LogP contribution in [0, 0.1) is 5.92 Å². The van der Waals surface area contributed by atoms with Crippen LogP contribution in [0.2, 0.25) is 0 Å². The summed E-state index contributed by atoms with van der Waals surface area (Å²) >= 11 is 0. The number of anilines is 1. The van der Waals surface area contributed by atoms with E-state index in [1.807, 2.05) is 18.7 Å². The van der Waals surface area contributed by atoms with E-state index in [-0.39, 0.29) is 31.3 Å². The van der Waals surface area contributed by atoms with Crippen LogP contribution in [0.4, 0.5) is 10.5 Å². The maximum atomic E-state index is 12.3. The molecule has 1 fully saturated rings. The van der Waals surface area contributed by atoms with E-state index in [0.717, 1.165) is 6.42 Å². The second-order valence-electron chi connectivity index (χ2n) is 8.18.